The first-order chi connectivity index (χ1) is 6.08. The van der Waals surface area contributed by atoms with Crippen LogP contribution in [0.5, 0.6) is 0 Å². The smallest absolute Gasteiger partial charge is 0.107 e. The fraction of sp³-hybridized carbons (Fsp3) is 1.00. The quantitative estimate of drug-likeness (QED) is 0.604. The van der Waals surface area contributed by atoms with Gasteiger partial charge < -0.3 is 5.73 Å². The molecule has 0 saturated carbocycles. The molecule has 3 heteroatoms. The summed E-state index contributed by atoms with van der Waals surface area (Å²) < 4.78 is 0. The highest BCUT2D eigenvalue weighted by Crippen LogP contribution is 2.27. The summed E-state index contributed by atoms with van der Waals surface area (Å²) in [7, 11) is 4.55. The van der Waals surface area contributed by atoms with Gasteiger partial charge in [-0.15, -0.1) is 0 Å². The second-order valence-corrected chi connectivity index (χ2v) is 4.40. The molecule has 0 heterocycles. The molecule has 0 rings (SSSR count). The van der Waals surface area contributed by atoms with Gasteiger partial charge in [0.25, 0.3) is 0 Å². The maximum Gasteiger partial charge on any atom is 0.107 e. The molecule has 0 saturated heterocycles. The first-order valence-corrected chi connectivity index (χ1v) is 5.83. The van der Waals surface area contributed by atoms with Crippen molar-refractivity contribution in [2.75, 3.05) is 0 Å². The molecule has 0 aliphatic rings. The van der Waals surface area contributed by atoms with Crippen molar-refractivity contribution in [2.45, 2.75) is 51.8 Å². The minimum absolute atomic E-state index is 0.393. The summed E-state index contributed by atoms with van der Waals surface area (Å²) in [6.45, 7) is 6.81. The molecule has 0 aromatic carbocycles. The number of hydrogen-bond donors (Lipinski definition) is 1. The molecule has 0 bridgehead atoms. The Kier molecular flexibility index (Phi) is 6.57. The molecule has 0 aromatic rings. The van der Waals surface area contributed by atoms with Gasteiger partial charge in [0, 0.05) is 6.04 Å². The van der Waals surface area contributed by atoms with Crippen LogP contribution in [0.15, 0.2) is 0 Å². The van der Waals surface area contributed by atoms with Crippen LogP contribution in [0.2, 0.25) is 12.1 Å². The van der Waals surface area contributed by atoms with Crippen molar-refractivity contribution < 1.29 is 0 Å². The normalized spacial score (nSPS) is 20.6. The fourth-order valence-corrected chi connectivity index (χ4v) is 2.01. The average molecular weight is 181 g/mol. The molecule has 0 amide bonds. The summed E-state index contributed by atoms with van der Waals surface area (Å²) >= 11 is 0. The molecule has 0 aliphatic heterocycles. The van der Waals surface area contributed by atoms with Gasteiger partial charge in [-0.25, -0.2) is 0 Å². The van der Waals surface area contributed by atoms with Crippen LogP contribution in [0.3, 0.4) is 0 Å². The van der Waals surface area contributed by atoms with E-state index in [4.69, 9.17) is 5.73 Å². The van der Waals surface area contributed by atoms with E-state index in [0.29, 0.717) is 17.8 Å². The first kappa shape index (κ1) is 13.1. The van der Waals surface area contributed by atoms with E-state index in [1.165, 1.54) is 19.2 Å². The summed E-state index contributed by atoms with van der Waals surface area (Å²) in [6, 6.07) is 0.393. The molecular formula is C10H25B2N. The van der Waals surface area contributed by atoms with Gasteiger partial charge in [-0.1, -0.05) is 45.8 Å². The molecule has 0 radical (unpaired) electrons. The van der Waals surface area contributed by atoms with E-state index < -0.39 is 0 Å². The fourth-order valence-electron chi connectivity index (χ4n) is 2.01. The van der Waals surface area contributed by atoms with Gasteiger partial charge in [0.1, 0.15) is 15.7 Å². The highest BCUT2D eigenvalue weighted by molar-refractivity contribution is 6.12. The van der Waals surface area contributed by atoms with Gasteiger partial charge >= 0.3 is 0 Å². The van der Waals surface area contributed by atoms with Crippen LogP contribution < -0.4 is 5.73 Å². The van der Waals surface area contributed by atoms with Crippen molar-refractivity contribution in [1.82, 2.24) is 0 Å². The minimum atomic E-state index is 0.393. The van der Waals surface area contributed by atoms with Crippen molar-refractivity contribution in [2.24, 2.45) is 17.6 Å². The molecule has 13 heavy (non-hydrogen) atoms. The SMILES string of the molecule is BCC(CC)C(N)C(B)C(C)CC. The second-order valence-electron chi connectivity index (χ2n) is 4.40. The Morgan fingerprint density at radius 2 is 1.77 bits per heavy atom. The van der Waals surface area contributed by atoms with Gasteiger partial charge in [0.15, 0.2) is 0 Å². The Labute approximate surface area is 85.7 Å². The van der Waals surface area contributed by atoms with Gasteiger partial charge in [-0.3, -0.25) is 0 Å². The Morgan fingerprint density at radius 3 is 2.08 bits per heavy atom. The largest absolute Gasteiger partial charge is 0.328 e. The number of nitrogens with two attached hydrogens (primary N) is 1. The van der Waals surface area contributed by atoms with Gasteiger partial charge in [-0.2, -0.15) is 0 Å². The summed E-state index contributed by atoms with van der Waals surface area (Å²) in [5.74, 6) is 2.13. The molecule has 4 atom stereocenters. The number of hydrogen-bond acceptors (Lipinski definition) is 1. The highest BCUT2D eigenvalue weighted by atomic mass is 14.7. The monoisotopic (exact) mass is 181 g/mol. The molecule has 1 nitrogen and oxygen atoms in total. The van der Waals surface area contributed by atoms with E-state index in [1.807, 2.05) is 0 Å². The van der Waals surface area contributed by atoms with Crippen LogP contribution in [0, 0.1) is 11.8 Å². The van der Waals surface area contributed by atoms with E-state index in [-0.39, 0.29) is 0 Å². The van der Waals surface area contributed by atoms with Crippen molar-refractivity contribution in [3.8, 4) is 0 Å². The minimum Gasteiger partial charge on any atom is -0.328 e. The standard InChI is InChI=1S/C10H25B2N/c1-4-7(3)9(12)10(13)8(5-2)6-11/h7-10H,4-6,11-13H2,1-3H3. The first-order valence-electron chi connectivity index (χ1n) is 5.83. The van der Waals surface area contributed by atoms with Crippen LogP contribution in [0.4, 0.5) is 0 Å². The Hall–Kier alpha value is 0.0899. The van der Waals surface area contributed by atoms with Gasteiger partial charge in [0.05, 0.1) is 0 Å². The molecule has 0 spiro atoms. The van der Waals surface area contributed by atoms with E-state index in [2.05, 4.69) is 36.5 Å². The van der Waals surface area contributed by atoms with Crippen LogP contribution in [0.25, 0.3) is 0 Å². The lowest BCUT2D eigenvalue weighted by molar-refractivity contribution is 0.360. The zero-order valence-electron chi connectivity index (χ0n) is 10.0. The maximum atomic E-state index is 6.26. The third kappa shape index (κ3) is 3.76. The summed E-state index contributed by atoms with van der Waals surface area (Å²) in [5.41, 5.74) is 6.26. The van der Waals surface area contributed by atoms with Crippen molar-refractivity contribution >= 4 is 15.7 Å². The molecule has 2 N–H and O–H groups in total. The summed E-state index contributed by atoms with van der Waals surface area (Å²) in [6.07, 6.45) is 3.69. The lowest BCUT2D eigenvalue weighted by atomic mass is 9.66. The van der Waals surface area contributed by atoms with Crippen molar-refractivity contribution in [3.63, 3.8) is 0 Å². The molecule has 0 aromatic heterocycles. The zero-order chi connectivity index (χ0) is 10.4. The van der Waals surface area contributed by atoms with Crippen molar-refractivity contribution in [1.29, 1.82) is 0 Å². The molecule has 0 aliphatic carbocycles. The zero-order valence-corrected chi connectivity index (χ0v) is 10.0. The van der Waals surface area contributed by atoms with E-state index in [1.54, 1.807) is 0 Å². The number of rotatable bonds is 6. The van der Waals surface area contributed by atoms with Crippen LogP contribution in [0.1, 0.15) is 33.6 Å². The Balaban J connectivity index is 4.13. The predicted octanol–water partition coefficient (Wildman–Crippen LogP) is 0.859. The van der Waals surface area contributed by atoms with Crippen molar-refractivity contribution in [3.05, 3.63) is 0 Å². The topological polar surface area (TPSA) is 26.0 Å². The average Bonchev–Trinajstić information content (AvgIpc) is 2.17. The van der Waals surface area contributed by atoms with Gasteiger partial charge in [-0.05, 0) is 11.8 Å². The third-order valence-corrected chi connectivity index (χ3v) is 3.74. The van der Waals surface area contributed by atoms with Crippen LogP contribution >= 0.6 is 0 Å². The predicted molar refractivity (Wildman–Crippen MR) is 66.9 cm³/mol. The third-order valence-electron chi connectivity index (χ3n) is 3.74. The molecule has 76 valence electrons. The van der Waals surface area contributed by atoms with Gasteiger partial charge in [0.2, 0.25) is 0 Å². The molecular weight excluding hydrogens is 156 g/mol. The highest BCUT2D eigenvalue weighted by Gasteiger charge is 2.23. The Bertz CT molecular complexity index is 126. The summed E-state index contributed by atoms with van der Waals surface area (Å²) in [4.78, 5) is 0. The second kappa shape index (κ2) is 6.53. The van der Waals surface area contributed by atoms with Crippen LogP contribution in [-0.4, -0.2) is 21.7 Å². The van der Waals surface area contributed by atoms with E-state index in [0.717, 1.165) is 5.92 Å². The lowest BCUT2D eigenvalue weighted by Crippen LogP contribution is -2.36. The lowest BCUT2D eigenvalue weighted by Gasteiger charge is -2.31. The van der Waals surface area contributed by atoms with Crippen LogP contribution in [-0.2, 0) is 0 Å². The Morgan fingerprint density at radius 1 is 1.23 bits per heavy atom. The summed E-state index contributed by atoms with van der Waals surface area (Å²) in [5, 5.41) is 0. The maximum absolute atomic E-state index is 6.26. The van der Waals surface area contributed by atoms with E-state index >= 15 is 0 Å². The molecule has 0 fully saturated rings. The van der Waals surface area contributed by atoms with E-state index in [9.17, 15) is 0 Å². The molecule has 4 unspecified atom stereocenters.